The first kappa shape index (κ1) is 29.9. The Morgan fingerprint density at radius 1 is 1.02 bits per heavy atom. The van der Waals surface area contributed by atoms with Crippen molar-refractivity contribution in [3.05, 3.63) is 77.6 Å². The molecule has 0 saturated carbocycles. The van der Waals surface area contributed by atoms with Crippen molar-refractivity contribution in [1.82, 2.24) is 39.8 Å². The van der Waals surface area contributed by atoms with Gasteiger partial charge in [-0.1, -0.05) is 50.6 Å². The maximum atomic E-state index is 13.8. The van der Waals surface area contributed by atoms with Crippen LogP contribution in [0.1, 0.15) is 66.9 Å². The average Bonchev–Trinajstić information content (AvgIpc) is 3.57. The SMILES string of the molecule is CC[C@H](C)[C@@H]1NC(=O)CCCN(C(=O)c2ccc3ccn(C)c3n2)CCn2nc(C)nc2[C@H](Cc2ccccc2)NC1=O. The smallest absolute Gasteiger partial charge is 0.272 e. The minimum atomic E-state index is -0.699. The Hall–Kier alpha value is -4.54. The molecule has 4 heterocycles. The first-order valence-electron chi connectivity index (χ1n) is 15.0. The fraction of sp³-hybridized carbons (Fsp3) is 0.438. The molecule has 5 rings (SSSR count). The molecular weight excluding hydrogens is 544 g/mol. The minimum absolute atomic E-state index is 0.0783. The summed E-state index contributed by atoms with van der Waals surface area (Å²) >= 11 is 0. The van der Waals surface area contributed by atoms with Crippen LogP contribution in [0.5, 0.6) is 0 Å². The fourth-order valence-corrected chi connectivity index (χ4v) is 5.54. The number of nitrogens with zero attached hydrogens (tertiary/aromatic N) is 6. The minimum Gasteiger partial charge on any atom is -0.344 e. The number of carbonyl (C=O) groups is 3. The van der Waals surface area contributed by atoms with Gasteiger partial charge in [0.05, 0.1) is 12.6 Å². The second kappa shape index (κ2) is 13.2. The molecule has 11 nitrogen and oxygen atoms in total. The van der Waals surface area contributed by atoms with Crippen molar-refractivity contribution in [1.29, 1.82) is 0 Å². The molecule has 0 saturated heterocycles. The van der Waals surface area contributed by atoms with Crippen molar-refractivity contribution in [3.8, 4) is 0 Å². The molecule has 226 valence electrons. The van der Waals surface area contributed by atoms with Crippen molar-refractivity contribution in [2.75, 3.05) is 13.1 Å². The van der Waals surface area contributed by atoms with E-state index in [-0.39, 0.29) is 30.1 Å². The predicted octanol–water partition coefficient (Wildman–Crippen LogP) is 3.34. The van der Waals surface area contributed by atoms with E-state index in [1.807, 2.05) is 81.0 Å². The Kier molecular flexibility index (Phi) is 9.18. The van der Waals surface area contributed by atoms with Gasteiger partial charge in [0.1, 0.15) is 29.0 Å². The van der Waals surface area contributed by atoms with Gasteiger partial charge in [0.15, 0.2) is 0 Å². The normalized spacial score (nSPS) is 19.3. The third-order valence-electron chi connectivity index (χ3n) is 8.17. The molecular formula is C32H40N8O3. The molecule has 0 unspecified atom stereocenters. The summed E-state index contributed by atoms with van der Waals surface area (Å²) in [5, 5.41) is 11.8. The van der Waals surface area contributed by atoms with E-state index in [0.717, 1.165) is 23.0 Å². The monoisotopic (exact) mass is 584 g/mol. The lowest BCUT2D eigenvalue weighted by Gasteiger charge is -2.28. The highest BCUT2D eigenvalue weighted by Crippen LogP contribution is 2.21. The summed E-state index contributed by atoms with van der Waals surface area (Å²) < 4.78 is 3.68. The second-order valence-corrected chi connectivity index (χ2v) is 11.4. The van der Waals surface area contributed by atoms with Gasteiger partial charge < -0.3 is 20.1 Å². The van der Waals surface area contributed by atoms with Crippen molar-refractivity contribution < 1.29 is 14.4 Å². The third kappa shape index (κ3) is 6.93. The average molecular weight is 585 g/mol. The van der Waals surface area contributed by atoms with Gasteiger partial charge in [0.2, 0.25) is 11.8 Å². The van der Waals surface area contributed by atoms with E-state index >= 15 is 0 Å². The van der Waals surface area contributed by atoms with Crippen LogP contribution >= 0.6 is 0 Å². The van der Waals surface area contributed by atoms with Crippen LogP contribution in [0.25, 0.3) is 11.0 Å². The zero-order chi connectivity index (χ0) is 30.5. The number of aromatic nitrogens is 5. The number of hydrogen-bond donors (Lipinski definition) is 2. The number of fused-ring (bicyclic) bond motifs is 2. The Labute approximate surface area is 251 Å². The number of amides is 3. The van der Waals surface area contributed by atoms with E-state index in [1.165, 1.54) is 0 Å². The van der Waals surface area contributed by atoms with Crippen LogP contribution in [-0.4, -0.2) is 66.1 Å². The quantitative estimate of drug-likeness (QED) is 0.371. The zero-order valence-electron chi connectivity index (χ0n) is 25.3. The first-order valence-corrected chi connectivity index (χ1v) is 15.0. The maximum Gasteiger partial charge on any atom is 0.272 e. The van der Waals surface area contributed by atoms with E-state index in [4.69, 9.17) is 4.98 Å². The lowest BCUT2D eigenvalue weighted by molar-refractivity contribution is -0.130. The lowest BCUT2D eigenvalue weighted by Crippen LogP contribution is -2.51. The molecule has 1 aliphatic heterocycles. The molecule has 1 aliphatic rings. The lowest BCUT2D eigenvalue weighted by atomic mass is 9.97. The van der Waals surface area contributed by atoms with E-state index < -0.39 is 12.1 Å². The van der Waals surface area contributed by atoms with Crippen LogP contribution in [0.2, 0.25) is 0 Å². The van der Waals surface area contributed by atoms with Crippen LogP contribution in [0.3, 0.4) is 0 Å². The third-order valence-corrected chi connectivity index (χ3v) is 8.17. The van der Waals surface area contributed by atoms with E-state index in [0.29, 0.717) is 49.8 Å². The van der Waals surface area contributed by atoms with Crippen LogP contribution in [0.4, 0.5) is 0 Å². The van der Waals surface area contributed by atoms with Crippen LogP contribution < -0.4 is 10.6 Å². The molecule has 11 heteroatoms. The Bertz CT molecular complexity index is 1590. The van der Waals surface area contributed by atoms with Gasteiger partial charge >= 0.3 is 0 Å². The van der Waals surface area contributed by atoms with Gasteiger partial charge in [-0.2, -0.15) is 5.10 Å². The molecule has 3 atom stereocenters. The molecule has 0 radical (unpaired) electrons. The molecule has 2 N–H and O–H groups in total. The van der Waals surface area contributed by atoms with Gasteiger partial charge in [-0.25, -0.2) is 14.6 Å². The molecule has 1 aromatic carbocycles. The summed E-state index contributed by atoms with van der Waals surface area (Å²) in [6.45, 7) is 6.85. The summed E-state index contributed by atoms with van der Waals surface area (Å²) in [4.78, 5) is 51.7. The number of pyridine rings is 1. The van der Waals surface area contributed by atoms with E-state index in [2.05, 4.69) is 20.7 Å². The topological polar surface area (TPSA) is 127 Å². The highest BCUT2D eigenvalue weighted by molar-refractivity contribution is 5.94. The van der Waals surface area contributed by atoms with Gasteiger partial charge in [0.25, 0.3) is 5.91 Å². The number of rotatable bonds is 5. The van der Waals surface area contributed by atoms with E-state index in [1.54, 1.807) is 15.6 Å². The van der Waals surface area contributed by atoms with Crippen molar-refractivity contribution >= 4 is 28.8 Å². The summed E-state index contributed by atoms with van der Waals surface area (Å²) in [5.41, 5.74) is 2.11. The largest absolute Gasteiger partial charge is 0.344 e. The molecule has 3 aromatic heterocycles. The molecule has 0 fully saturated rings. The molecule has 4 aromatic rings. The van der Waals surface area contributed by atoms with Crippen molar-refractivity contribution in [2.24, 2.45) is 13.0 Å². The summed E-state index contributed by atoms with van der Waals surface area (Å²) in [6, 6.07) is 14.3. The van der Waals surface area contributed by atoms with Crippen LogP contribution in [0.15, 0.2) is 54.7 Å². The van der Waals surface area contributed by atoms with Gasteiger partial charge in [0, 0.05) is 38.1 Å². The number of carbonyl (C=O) groups excluding carboxylic acids is 3. The zero-order valence-corrected chi connectivity index (χ0v) is 25.3. The Balaban J connectivity index is 1.49. The molecule has 3 amide bonds. The summed E-state index contributed by atoms with van der Waals surface area (Å²) in [5.74, 6) is 0.439. The van der Waals surface area contributed by atoms with E-state index in [9.17, 15) is 14.4 Å². The summed E-state index contributed by atoms with van der Waals surface area (Å²) in [7, 11) is 1.90. The van der Waals surface area contributed by atoms with Crippen molar-refractivity contribution in [2.45, 2.75) is 65.1 Å². The standard InChI is InChI=1S/C32H40N8O3/c1-5-21(2)28-31(42)35-26(20-23-10-7-6-8-11-23)30-33-22(3)37-40(30)19-18-39(16-9-12-27(41)36-28)32(43)25-14-13-24-15-17-38(4)29(24)34-25/h6-8,10-11,13-15,17,21,26,28H,5,9,12,16,18-20H2,1-4H3,(H,35,42)(H,36,41)/t21-,26-,28-/m0/s1. The molecule has 0 aliphatic carbocycles. The Morgan fingerprint density at radius 3 is 2.58 bits per heavy atom. The van der Waals surface area contributed by atoms with Crippen molar-refractivity contribution in [3.63, 3.8) is 0 Å². The predicted molar refractivity (Wildman–Crippen MR) is 163 cm³/mol. The second-order valence-electron chi connectivity index (χ2n) is 11.4. The van der Waals surface area contributed by atoms with Gasteiger partial charge in [-0.3, -0.25) is 14.4 Å². The van der Waals surface area contributed by atoms with Gasteiger partial charge in [-0.05, 0) is 49.4 Å². The molecule has 0 bridgehead atoms. The number of hydrogen-bond acceptors (Lipinski definition) is 6. The highest BCUT2D eigenvalue weighted by atomic mass is 16.2. The van der Waals surface area contributed by atoms with Gasteiger partial charge in [-0.15, -0.1) is 0 Å². The highest BCUT2D eigenvalue weighted by Gasteiger charge is 2.31. The number of nitrogens with one attached hydrogen (secondary N) is 2. The number of aryl methyl sites for hydroxylation is 2. The first-order chi connectivity index (χ1) is 20.7. The maximum absolute atomic E-state index is 13.8. The fourth-order valence-electron chi connectivity index (χ4n) is 5.54. The molecule has 0 spiro atoms. The number of benzene rings is 1. The van der Waals surface area contributed by atoms with Crippen LogP contribution in [0, 0.1) is 12.8 Å². The Morgan fingerprint density at radius 2 is 1.81 bits per heavy atom. The summed E-state index contributed by atoms with van der Waals surface area (Å²) in [6.07, 6.45) is 3.76. The van der Waals surface area contributed by atoms with Crippen LogP contribution in [-0.2, 0) is 29.6 Å². The molecule has 43 heavy (non-hydrogen) atoms.